The summed E-state index contributed by atoms with van der Waals surface area (Å²) in [5.41, 5.74) is 1.09. The Morgan fingerprint density at radius 2 is 1.82 bits per heavy atom. The van der Waals surface area contributed by atoms with E-state index in [-0.39, 0.29) is 4.75 Å². The van der Waals surface area contributed by atoms with E-state index in [1.807, 2.05) is 50.2 Å². The van der Waals surface area contributed by atoms with Gasteiger partial charge in [0.2, 0.25) is 0 Å². The van der Waals surface area contributed by atoms with E-state index in [9.17, 15) is 5.11 Å². The number of aryl methyl sites for hydroxylation is 1. The predicted octanol–water partition coefficient (Wildman–Crippen LogP) is 4.54. The van der Waals surface area contributed by atoms with Gasteiger partial charge in [0.05, 0.1) is 11.9 Å². The van der Waals surface area contributed by atoms with Gasteiger partial charge in [-0.05, 0) is 50.5 Å². The van der Waals surface area contributed by atoms with E-state index < -0.39 is 5.60 Å². The summed E-state index contributed by atoms with van der Waals surface area (Å²) in [5, 5.41) is 11.3. The van der Waals surface area contributed by atoms with Crippen molar-refractivity contribution in [3.05, 3.63) is 59.7 Å². The molecule has 1 aliphatic rings. The van der Waals surface area contributed by atoms with E-state index in [4.69, 9.17) is 4.74 Å². The largest absolute Gasteiger partial charge is 0.496 e. The molecule has 0 saturated heterocycles. The monoisotopic (exact) mass is 314 g/mol. The molecule has 1 unspecified atom stereocenters. The lowest BCUT2D eigenvalue weighted by Crippen LogP contribution is -2.36. The summed E-state index contributed by atoms with van der Waals surface area (Å²) in [6, 6.07) is 16.3. The maximum Gasteiger partial charge on any atom is 0.125 e. The smallest absolute Gasteiger partial charge is 0.125 e. The zero-order valence-corrected chi connectivity index (χ0v) is 14.1. The molecule has 116 valence electrons. The fourth-order valence-corrected chi connectivity index (χ4v) is 4.32. The summed E-state index contributed by atoms with van der Waals surface area (Å²) in [5.74, 6) is 0.768. The highest BCUT2D eigenvalue weighted by molar-refractivity contribution is 8.01. The molecule has 2 aromatic carbocycles. The van der Waals surface area contributed by atoms with Gasteiger partial charge in [-0.1, -0.05) is 30.3 Å². The van der Waals surface area contributed by atoms with Crippen LogP contribution in [0.15, 0.2) is 53.4 Å². The summed E-state index contributed by atoms with van der Waals surface area (Å²) >= 11 is 1.78. The van der Waals surface area contributed by atoms with Crippen molar-refractivity contribution in [3.8, 4) is 5.75 Å². The van der Waals surface area contributed by atoms with Crippen LogP contribution in [0.5, 0.6) is 5.75 Å². The van der Waals surface area contributed by atoms with Gasteiger partial charge in [0.1, 0.15) is 11.4 Å². The second-order valence-corrected chi connectivity index (χ2v) is 7.64. The SMILES string of the molecule is COc1cc(C)ccc1C(C)(O)C1(Sc2ccccc2)CC1. The molecule has 0 aliphatic heterocycles. The first-order valence-corrected chi connectivity index (χ1v) is 8.42. The number of hydrogen-bond acceptors (Lipinski definition) is 3. The lowest BCUT2D eigenvalue weighted by atomic mass is 9.89. The van der Waals surface area contributed by atoms with E-state index in [0.717, 1.165) is 29.7 Å². The van der Waals surface area contributed by atoms with Crippen LogP contribution in [0, 0.1) is 6.92 Å². The molecule has 1 N–H and O–H groups in total. The molecule has 0 radical (unpaired) electrons. The summed E-state index contributed by atoms with van der Waals surface area (Å²) in [7, 11) is 1.66. The lowest BCUT2D eigenvalue weighted by Gasteiger charge is -2.34. The van der Waals surface area contributed by atoms with Crippen LogP contribution in [0.2, 0.25) is 0 Å². The number of thioether (sulfide) groups is 1. The van der Waals surface area contributed by atoms with Gasteiger partial charge < -0.3 is 9.84 Å². The molecule has 2 aromatic rings. The summed E-state index contributed by atoms with van der Waals surface area (Å²) in [6.45, 7) is 3.95. The summed E-state index contributed by atoms with van der Waals surface area (Å²) in [6.07, 6.45) is 2.02. The van der Waals surface area contributed by atoms with Gasteiger partial charge in [-0.3, -0.25) is 0 Å². The lowest BCUT2D eigenvalue weighted by molar-refractivity contribution is 0.0440. The molecule has 3 heteroatoms. The Kier molecular flexibility index (Phi) is 3.96. The minimum atomic E-state index is -0.924. The topological polar surface area (TPSA) is 29.5 Å². The second kappa shape index (κ2) is 5.64. The predicted molar refractivity (Wildman–Crippen MR) is 91.6 cm³/mol. The molecule has 2 nitrogen and oxygen atoms in total. The Balaban J connectivity index is 1.95. The molecule has 22 heavy (non-hydrogen) atoms. The minimum absolute atomic E-state index is 0.170. The number of rotatable bonds is 5. The van der Waals surface area contributed by atoms with Crippen LogP contribution in [0.1, 0.15) is 30.9 Å². The van der Waals surface area contributed by atoms with Crippen LogP contribution < -0.4 is 4.74 Å². The Morgan fingerprint density at radius 1 is 1.14 bits per heavy atom. The Hall–Kier alpha value is -1.45. The minimum Gasteiger partial charge on any atom is -0.496 e. The molecule has 0 heterocycles. The molecule has 1 atom stereocenters. The number of methoxy groups -OCH3 is 1. The molecule has 1 saturated carbocycles. The van der Waals surface area contributed by atoms with Gasteiger partial charge in [0.25, 0.3) is 0 Å². The van der Waals surface area contributed by atoms with E-state index in [2.05, 4.69) is 12.1 Å². The van der Waals surface area contributed by atoms with E-state index in [0.29, 0.717) is 0 Å². The standard InChI is InChI=1S/C19H22O2S/c1-14-9-10-16(17(13-14)21-3)18(2,20)19(11-12-19)22-15-7-5-4-6-8-15/h4-10,13,20H,11-12H2,1-3H3. The number of hydrogen-bond donors (Lipinski definition) is 1. The van der Waals surface area contributed by atoms with Gasteiger partial charge in [-0.15, -0.1) is 11.8 Å². The number of ether oxygens (including phenoxy) is 1. The maximum absolute atomic E-state index is 11.3. The molecule has 1 aliphatic carbocycles. The van der Waals surface area contributed by atoms with Crippen molar-refractivity contribution in [2.45, 2.75) is 41.9 Å². The zero-order valence-electron chi connectivity index (χ0n) is 13.3. The first-order valence-electron chi connectivity index (χ1n) is 7.60. The maximum atomic E-state index is 11.3. The molecule has 1 fully saturated rings. The molecule has 3 rings (SSSR count). The molecule has 0 bridgehead atoms. The van der Waals surface area contributed by atoms with E-state index in [1.165, 1.54) is 4.90 Å². The summed E-state index contributed by atoms with van der Waals surface area (Å²) < 4.78 is 5.35. The van der Waals surface area contributed by atoms with Crippen LogP contribution in [0.4, 0.5) is 0 Å². The van der Waals surface area contributed by atoms with Crippen LogP contribution in [0.3, 0.4) is 0 Å². The molecule has 0 aromatic heterocycles. The highest BCUT2D eigenvalue weighted by Crippen LogP contribution is 2.62. The van der Waals surface area contributed by atoms with Gasteiger partial charge in [-0.2, -0.15) is 0 Å². The fraction of sp³-hybridized carbons (Fsp3) is 0.368. The van der Waals surface area contributed by atoms with E-state index >= 15 is 0 Å². The first kappa shape index (κ1) is 15.4. The van der Waals surface area contributed by atoms with Crippen molar-refractivity contribution in [2.24, 2.45) is 0 Å². The third kappa shape index (κ3) is 2.64. The zero-order chi connectivity index (χ0) is 15.8. The van der Waals surface area contributed by atoms with Crippen molar-refractivity contribution < 1.29 is 9.84 Å². The van der Waals surface area contributed by atoms with Crippen molar-refractivity contribution >= 4 is 11.8 Å². The van der Waals surface area contributed by atoms with Crippen molar-refractivity contribution in [1.29, 1.82) is 0 Å². The fourth-order valence-electron chi connectivity index (χ4n) is 2.96. The number of benzene rings is 2. The van der Waals surface area contributed by atoms with Crippen LogP contribution in [-0.4, -0.2) is 17.0 Å². The normalized spacial score (nSPS) is 18.5. The Labute approximate surface area is 136 Å². The molecule has 0 spiro atoms. The second-order valence-electron chi connectivity index (χ2n) is 6.19. The van der Waals surface area contributed by atoms with E-state index in [1.54, 1.807) is 18.9 Å². The van der Waals surface area contributed by atoms with Gasteiger partial charge in [0, 0.05) is 10.5 Å². The van der Waals surface area contributed by atoms with Crippen molar-refractivity contribution in [2.75, 3.05) is 7.11 Å². The summed E-state index contributed by atoms with van der Waals surface area (Å²) in [4.78, 5) is 1.20. The average Bonchev–Trinajstić information content (AvgIpc) is 3.29. The average molecular weight is 314 g/mol. The molecule has 0 amide bonds. The van der Waals surface area contributed by atoms with Crippen molar-refractivity contribution in [1.82, 2.24) is 0 Å². The third-order valence-corrected chi connectivity index (χ3v) is 6.23. The van der Waals surface area contributed by atoms with Gasteiger partial charge in [0.15, 0.2) is 0 Å². The quantitative estimate of drug-likeness (QED) is 0.879. The van der Waals surface area contributed by atoms with Crippen LogP contribution in [0.25, 0.3) is 0 Å². The number of aliphatic hydroxyl groups is 1. The molecular formula is C19H22O2S. The third-order valence-electron chi connectivity index (χ3n) is 4.53. The highest BCUT2D eigenvalue weighted by atomic mass is 32.2. The Bertz CT molecular complexity index is 660. The first-order chi connectivity index (χ1) is 10.5. The molecular weight excluding hydrogens is 292 g/mol. The highest BCUT2D eigenvalue weighted by Gasteiger charge is 2.58. The van der Waals surface area contributed by atoms with Crippen molar-refractivity contribution in [3.63, 3.8) is 0 Å². The van der Waals surface area contributed by atoms with Gasteiger partial charge >= 0.3 is 0 Å². The Morgan fingerprint density at radius 3 is 2.41 bits per heavy atom. The van der Waals surface area contributed by atoms with Gasteiger partial charge in [-0.25, -0.2) is 0 Å². The van der Waals surface area contributed by atoms with Crippen LogP contribution in [-0.2, 0) is 5.60 Å². The van der Waals surface area contributed by atoms with Crippen LogP contribution >= 0.6 is 11.8 Å².